The maximum Gasteiger partial charge on any atom is 0.233 e. The lowest BCUT2D eigenvalue weighted by Crippen LogP contribution is -2.36. The van der Waals surface area contributed by atoms with Crippen molar-refractivity contribution in [3.63, 3.8) is 0 Å². The summed E-state index contributed by atoms with van der Waals surface area (Å²) < 4.78 is 7.31. The number of hydrogen-bond donors (Lipinski definition) is 0. The van der Waals surface area contributed by atoms with Gasteiger partial charge in [0.2, 0.25) is 5.91 Å². The predicted octanol–water partition coefficient (Wildman–Crippen LogP) is 4.99. The Morgan fingerprint density at radius 3 is 2.64 bits per heavy atom. The van der Waals surface area contributed by atoms with Crippen molar-refractivity contribution in [2.24, 2.45) is 0 Å². The van der Waals surface area contributed by atoms with Gasteiger partial charge in [-0.1, -0.05) is 29.5 Å². The second-order valence-electron chi connectivity index (χ2n) is 7.93. The molecule has 5 rings (SSSR count). The first-order valence-corrected chi connectivity index (χ1v) is 12.6. The Balaban J connectivity index is 1.40. The molecule has 4 aromatic rings. The van der Waals surface area contributed by atoms with E-state index in [2.05, 4.69) is 52.8 Å². The van der Waals surface area contributed by atoms with Crippen LogP contribution in [0.4, 0.5) is 0 Å². The number of carbonyl (C=O) groups is 1. The fourth-order valence-electron chi connectivity index (χ4n) is 3.90. The second kappa shape index (κ2) is 9.41. The van der Waals surface area contributed by atoms with Gasteiger partial charge in [-0.2, -0.15) is 0 Å². The number of thioether (sulfide) groups is 1. The molecule has 168 valence electrons. The van der Waals surface area contributed by atoms with E-state index in [4.69, 9.17) is 4.74 Å². The zero-order valence-corrected chi connectivity index (χ0v) is 20.2. The molecule has 0 bridgehead atoms. The lowest BCUT2D eigenvalue weighted by Gasteiger charge is -2.26. The van der Waals surface area contributed by atoms with Crippen molar-refractivity contribution in [2.45, 2.75) is 25.0 Å². The first-order chi connectivity index (χ1) is 16.1. The Hall–Kier alpha value is -3.10. The van der Waals surface area contributed by atoms with Crippen LogP contribution in [0.3, 0.4) is 0 Å². The van der Waals surface area contributed by atoms with Gasteiger partial charge < -0.3 is 9.64 Å². The van der Waals surface area contributed by atoms with Gasteiger partial charge in [-0.25, -0.2) is 0 Å². The summed E-state index contributed by atoms with van der Waals surface area (Å²) in [5.74, 6) is 1.97. The van der Waals surface area contributed by atoms with Gasteiger partial charge in [0, 0.05) is 29.2 Å². The number of fused-ring (bicyclic) bond motifs is 1. The summed E-state index contributed by atoms with van der Waals surface area (Å²) in [4.78, 5) is 16.3. The molecule has 2 aromatic carbocycles. The summed E-state index contributed by atoms with van der Waals surface area (Å²) in [6.45, 7) is 3.53. The molecule has 0 N–H and O–H groups in total. The third-order valence-corrected chi connectivity index (χ3v) is 7.70. The molecule has 0 unspecified atom stereocenters. The van der Waals surface area contributed by atoms with Gasteiger partial charge in [0.05, 0.1) is 12.9 Å². The number of aryl methyl sites for hydroxylation is 1. The van der Waals surface area contributed by atoms with E-state index in [9.17, 15) is 4.79 Å². The third kappa shape index (κ3) is 4.54. The van der Waals surface area contributed by atoms with Gasteiger partial charge in [0.15, 0.2) is 11.0 Å². The van der Waals surface area contributed by atoms with Crippen molar-refractivity contribution in [3.05, 3.63) is 76.0 Å². The Kier molecular flexibility index (Phi) is 6.20. The molecule has 0 fully saturated rings. The van der Waals surface area contributed by atoms with Crippen LogP contribution >= 0.6 is 23.1 Å². The first-order valence-electron chi connectivity index (χ1n) is 10.7. The molecule has 0 saturated carbocycles. The predicted molar refractivity (Wildman–Crippen MR) is 132 cm³/mol. The largest absolute Gasteiger partial charge is 0.497 e. The maximum atomic E-state index is 13.0. The maximum absolute atomic E-state index is 13.0. The number of benzene rings is 2. The van der Waals surface area contributed by atoms with Gasteiger partial charge in [-0.15, -0.1) is 21.5 Å². The summed E-state index contributed by atoms with van der Waals surface area (Å²) in [6, 6.07) is 18.1. The SMILES string of the molecule is COc1ccc(-c2nnc(SCC(=O)N3CCc4sccc4C3)n2-c2ccc(C)cc2)cc1. The zero-order chi connectivity index (χ0) is 22.8. The van der Waals surface area contributed by atoms with Crippen molar-refractivity contribution in [1.82, 2.24) is 19.7 Å². The quantitative estimate of drug-likeness (QED) is 0.367. The lowest BCUT2D eigenvalue weighted by molar-refractivity contribution is -0.129. The molecular weight excluding hydrogens is 452 g/mol. The highest BCUT2D eigenvalue weighted by molar-refractivity contribution is 7.99. The first kappa shape index (κ1) is 21.7. The number of aromatic nitrogens is 3. The molecule has 0 aliphatic carbocycles. The van der Waals surface area contributed by atoms with Crippen LogP contribution in [0, 0.1) is 6.92 Å². The topological polar surface area (TPSA) is 60.3 Å². The van der Waals surface area contributed by atoms with Crippen LogP contribution in [0.25, 0.3) is 17.1 Å². The van der Waals surface area contributed by atoms with E-state index < -0.39 is 0 Å². The third-order valence-electron chi connectivity index (χ3n) is 5.76. The summed E-state index contributed by atoms with van der Waals surface area (Å²) >= 11 is 3.21. The van der Waals surface area contributed by atoms with E-state index in [1.807, 2.05) is 33.7 Å². The summed E-state index contributed by atoms with van der Waals surface area (Å²) in [7, 11) is 1.65. The summed E-state index contributed by atoms with van der Waals surface area (Å²) in [5.41, 5.74) is 4.35. The van der Waals surface area contributed by atoms with Gasteiger partial charge in [-0.05, 0) is 66.8 Å². The number of thiophene rings is 1. The van der Waals surface area contributed by atoms with Crippen molar-refractivity contribution in [3.8, 4) is 22.8 Å². The summed E-state index contributed by atoms with van der Waals surface area (Å²) in [5, 5.41) is 11.7. The van der Waals surface area contributed by atoms with Gasteiger partial charge in [0.1, 0.15) is 5.75 Å². The highest BCUT2D eigenvalue weighted by Gasteiger charge is 2.23. The van der Waals surface area contributed by atoms with E-state index in [1.165, 1.54) is 27.8 Å². The van der Waals surface area contributed by atoms with Crippen molar-refractivity contribution >= 4 is 29.0 Å². The van der Waals surface area contributed by atoms with Crippen LogP contribution in [0.2, 0.25) is 0 Å². The Labute approximate surface area is 201 Å². The number of carbonyl (C=O) groups excluding carboxylic acids is 1. The molecule has 8 heteroatoms. The number of amides is 1. The van der Waals surface area contributed by atoms with E-state index in [0.717, 1.165) is 35.8 Å². The highest BCUT2D eigenvalue weighted by atomic mass is 32.2. The second-order valence-corrected chi connectivity index (χ2v) is 9.87. The number of ether oxygens (including phenoxy) is 1. The molecule has 0 spiro atoms. The van der Waals surface area contributed by atoms with Crippen LogP contribution in [0.5, 0.6) is 5.75 Å². The standard InChI is InChI=1S/C25H24N4O2S2/c1-17-3-7-20(8-4-17)29-24(18-5-9-21(31-2)10-6-18)26-27-25(29)33-16-23(30)28-13-11-22-19(15-28)12-14-32-22/h3-10,12,14H,11,13,15-16H2,1-2H3. The molecule has 0 atom stereocenters. The Morgan fingerprint density at radius 1 is 1.09 bits per heavy atom. The monoisotopic (exact) mass is 476 g/mol. The fourth-order valence-corrected chi connectivity index (χ4v) is 5.64. The van der Waals surface area contributed by atoms with Crippen LogP contribution in [-0.2, 0) is 17.8 Å². The van der Waals surface area contributed by atoms with Gasteiger partial charge in [0.25, 0.3) is 0 Å². The Bertz CT molecular complexity index is 1260. The average molecular weight is 477 g/mol. The van der Waals surface area contributed by atoms with Crippen LogP contribution in [0.1, 0.15) is 16.0 Å². The highest BCUT2D eigenvalue weighted by Crippen LogP contribution is 2.30. The van der Waals surface area contributed by atoms with Crippen LogP contribution < -0.4 is 4.74 Å². The fraction of sp³-hybridized carbons (Fsp3) is 0.240. The lowest BCUT2D eigenvalue weighted by atomic mass is 10.1. The van der Waals surface area contributed by atoms with E-state index in [1.54, 1.807) is 18.4 Å². The van der Waals surface area contributed by atoms with E-state index in [-0.39, 0.29) is 5.91 Å². The summed E-state index contributed by atoms with van der Waals surface area (Å²) in [6.07, 6.45) is 0.935. The molecule has 2 aromatic heterocycles. The molecular formula is C25H24N4O2S2. The van der Waals surface area contributed by atoms with Crippen molar-refractivity contribution in [1.29, 1.82) is 0 Å². The molecule has 1 aliphatic heterocycles. The van der Waals surface area contributed by atoms with Crippen molar-refractivity contribution < 1.29 is 9.53 Å². The molecule has 1 amide bonds. The van der Waals surface area contributed by atoms with Crippen LogP contribution in [0.15, 0.2) is 65.1 Å². The van der Waals surface area contributed by atoms with E-state index >= 15 is 0 Å². The number of methoxy groups -OCH3 is 1. The number of hydrogen-bond acceptors (Lipinski definition) is 6. The normalized spacial score (nSPS) is 13.1. The molecule has 33 heavy (non-hydrogen) atoms. The molecule has 6 nitrogen and oxygen atoms in total. The molecule has 3 heterocycles. The minimum atomic E-state index is 0.126. The van der Waals surface area contributed by atoms with Crippen molar-refractivity contribution in [2.75, 3.05) is 19.4 Å². The smallest absolute Gasteiger partial charge is 0.233 e. The number of nitrogens with zero attached hydrogens (tertiary/aromatic N) is 4. The Morgan fingerprint density at radius 2 is 1.88 bits per heavy atom. The minimum absolute atomic E-state index is 0.126. The van der Waals surface area contributed by atoms with Gasteiger partial charge in [-0.3, -0.25) is 9.36 Å². The minimum Gasteiger partial charge on any atom is -0.497 e. The van der Waals surface area contributed by atoms with Gasteiger partial charge >= 0.3 is 0 Å². The van der Waals surface area contributed by atoms with Crippen LogP contribution in [-0.4, -0.2) is 45.0 Å². The number of rotatable bonds is 6. The molecule has 0 saturated heterocycles. The molecule has 0 radical (unpaired) electrons. The zero-order valence-electron chi connectivity index (χ0n) is 18.5. The average Bonchev–Trinajstić information content (AvgIpc) is 3.49. The molecule has 1 aliphatic rings. The van der Waals surface area contributed by atoms with E-state index in [0.29, 0.717) is 17.5 Å².